The Kier molecular flexibility index (Phi) is 7.42. The molecular weight excluding hydrogens is 558 g/mol. The maximum Gasteiger partial charge on any atom is 0.338 e. The molecule has 0 saturated carbocycles. The summed E-state index contributed by atoms with van der Waals surface area (Å²) >= 11 is 7.26. The van der Waals surface area contributed by atoms with Crippen molar-refractivity contribution in [2.45, 2.75) is 19.9 Å². The summed E-state index contributed by atoms with van der Waals surface area (Å²) in [5.74, 6) is 0.514. The highest BCUT2D eigenvalue weighted by Gasteiger charge is 2.33. The number of ether oxygens (including phenoxy) is 2. The summed E-state index contributed by atoms with van der Waals surface area (Å²) in [6.45, 7) is 3.60. The number of thiazole rings is 1. The maximum atomic E-state index is 13.7. The van der Waals surface area contributed by atoms with Crippen molar-refractivity contribution in [2.75, 3.05) is 13.7 Å². The van der Waals surface area contributed by atoms with E-state index in [0.717, 1.165) is 11.3 Å². The van der Waals surface area contributed by atoms with Gasteiger partial charge in [-0.2, -0.15) is 0 Å². The third kappa shape index (κ3) is 4.96. The highest BCUT2D eigenvalue weighted by molar-refractivity contribution is 7.07. The molecule has 12 heteroatoms. The number of benzene rings is 2. The molecule has 10 nitrogen and oxygen atoms in total. The summed E-state index contributed by atoms with van der Waals surface area (Å²) in [4.78, 5) is 42.3. The van der Waals surface area contributed by atoms with Crippen LogP contribution in [0.3, 0.4) is 0 Å². The second-order valence-electron chi connectivity index (χ2n) is 8.70. The van der Waals surface area contributed by atoms with Gasteiger partial charge in [-0.15, -0.1) is 0 Å². The Bertz CT molecular complexity index is 1850. The number of hydrogen-bond acceptors (Lipinski definition) is 9. The molecule has 0 fully saturated rings. The fourth-order valence-electron chi connectivity index (χ4n) is 4.45. The summed E-state index contributed by atoms with van der Waals surface area (Å²) in [6.07, 6.45) is 1.59. The molecule has 2 aromatic carbocycles. The highest BCUT2D eigenvalue weighted by atomic mass is 35.5. The summed E-state index contributed by atoms with van der Waals surface area (Å²) in [6, 6.07) is 13.7. The lowest BCUT2D eigenvalue weighted by molar-refractivity contribution is -0.384. The van der Waals surface area contributed by atoms with E-state index in [1.807, 2.05) is 0 Å². The third-order valence-electron chi connectivity index (χ3n) is 6.26. The molecule has 0 saturated heterocycles. The number of aromatic nitrogens is 1. The van der Waals surface area contributed by atoms with Crippen molar-refractivity contribution in [3.8, 4) is 17.1 Å². The van der Waals surface area contributed by atoms with E-state index in [9.17, 15) is 19.7 Å². The Labute approximate surface area is 236 Å². The molecule has 0 bridgehead atoms. The van der Waals surface area contributed by atoms with Crippen LogP contribution in [0.4, 0.5) is 5.69 Å². The first-order chi connectivity index (χ1) is 19.2. The van der Waals surface area contributed by atoms with Gasteiger partial charge in [-0.1, -0.05) is 35.1 Å². The van der Waals surface area contributed by atoms with E-state index in [4.69, 9.17) is 25.5 Å². The molecule has 1 aliphatic rings. The second-order valence-corrected chi connectivity index (χ2v) is 10.1. The monoisotopic (exact) mass is 579 g/mol. The van der Waals surface area contributed by atoms with Crippen LogP contribution in [0.25, 0.3) is 17.4 Å². The normalized spacial score (nSPS) is 15.0. The highest BCUT2D eigenvalue weighted by Crippen LogP contribution is 2.35. The van der Waals surface area contributed by atoms with Crippen LogP contribution in [0.2, 0.25) is 5.02 Å². The molecule has 1 atom stereocenters. The van der Waals surface area contributed by atoms with Crippen LogP contribution in [0, 0.1) is 10.1 Å². The van der Waals surface area contributed by atoms with Crippen molar-refractivity contribution in [1.82, 2.24) is 4.57 Å². The second kappa shape index (κ2) is 10.9. The SMILES string of the molecule is CCOC(=O)C1=C(C)N=c2s/c(=C\c3ccc(-c4ccc([N+](=O)[O-])cc4OC)o3)c(=O)n2C1c1ccc(Cl)cc1. The minimum atomic E-state index is -0.758. The number of hydrogen-bond donors (Lipinski definition) is 0. The topological polar surface area (TPSA) is 126 Å². The van der Waals surface area contributed by atoms with Crippen LogP contribution in [0.5, 0.6) is 5.75 Å². The number of nitro groups is 1. The van der Waals surface area contributed by atoms with Crippen LogP contribution in [-0.4, -0.2) is 29.2 Å². The fourth-order valence-corrected chi connectivity index (χ4v) is 5.61. The molecule has 204 valence electrons. The van der Waals surface area contributed by atoms with E-state index in [-0.39, 0.29) is 29.2 Å². The first-order valence-electron chi connectivity index (χ1n) is 12.1. The molecule has 0 aliphatic carbocycles. The number of carbonyl (C=O) groups is 1. The van der Waals surface area contributed by atoms with Gasteiger partial charge in [0.05, 0.1) is 52.1 Å². The first-order valence-corrected chi connectivity index (χ1v) is 13.3. The Morgan fingerprint density at radius 3 is 2.65 bits per heavy atom. The summed E-state index contributed by atoms with van der Waals surface area (Å²) in [7, 11) is 1.41. The van der Waals surface area contributed by atoms with Gasteiger partial charge in [-0.25, -0.2) is 9.79 Å². The number of nitrogens with zero attached hydrogens (tertiary/aromatic N) is 3. The number of methoxy groups -OCH3 is 1. The van der Waals surface area contributed by atoms with Crippen molar-refractivity contribution in [1.29, 1.82) is 0 Å². The van der Waals surface area contributed by atoms with E-state index in [1.54, 1.807) is 62.4 Å². The molecule has 0 spiro atoms. The van der Waals surface area contributed by atoms with Gasteiger partial charge in [0.1, 0.15) is 17.3 Å². The molecule has 1 aliphatic heterocycles. The molecule has 2 aromatic heterocycles. The van der Waals surface area contributed by atoms with E-state index >= 15 is 0 Å². The van der Waals surface area contributed by atoms with Crippen molar-refractivity contribution >= 4 is 40.7 Å². The van der Waals surface area contributed by atoms with Gasteiger partial charge in [0.15, 0.2) is 4.80 Å². The number of nitro benzene ring substituents is 1. The van der Waals surface area contributed by atoms with Crippen LogP contribution in [-0.2, 0) is 9.53 Å². The average Bonchev–Trinajstić information content (AvgIpc) is 3.52. The molecule has 1 unspecified atom stereocenters. The minimum Gasteiger partial charge on any atom is -0.496 e. The van der Waals surface area contributed by atoms with Gasteiger partial charge in [0.2, 0.25) is 0 Å². The van der Waals surface area contributed by atoms with E-state index in [0.29, 0.717) is 42.7 Å². The lowest BCUT2D eigenvalue weighted by atomic mass is 9.96. The average molecular weight is 580 g/mol. The van der Waals surface area contributed by atoms with Crippen molar-refractivity contribution < 1.29 is 23.6 Å². The quantitative estimate of drug-likeness (QED) is 0.177. The Morgan fingerprint density at radius 1 is 1.23 bits per heavy atom. The Hall–Kier alpha value is -4.48. The molecule has 0 radical (unpaired) electrons. The molecule has 40 heavy (non-hydrogen) atoms. The van der Waals surface area contributed by atoms with Gasteiger partial charge in [0, 0.05) is 17.2 Å². The number of furan rings is 1. The lowest BCUT2D eigenvalue weighted by Crippen LogP contribution is -2.39. The first kappa shape index (κ1) is 27.1. The molecule has 5 rings (SSSR count). The summed E-state index contributed by atoms with van der Waals surface area (Å²) in [5, 5.41) is 11.6. The van der Waals surface area contributed by atoms with Crippen molar-refractivity contribution in [3.05, 3.63) is 112 Å². The van der Waals surface area contributed by atoms with Crippen LogP contribution < -0.4 is 19.6 Å². The van der Waals surface area contributed by atoms with E-state index in [2.05, 4.69) is 4.99 Å². The smallest absolute Gasteiger partial charge is 0.338 e. The number of allylic oxidation sites excluding steroid dienone is 1. The largest absolute Gasteiger partial charge is 0.496 e. The van der Waals surface area contributed by atoms with Gasteiger partial charge in [0.25, 0.3) is 11.2 Å². The molecule has 0 N–H and O–H groups in total. The van der Waals surface area contributed by atoms with Crippen molar-refractivity contribution in [3.63, 3.8) is 0 Å². The standard InChI is InChI=1S/C28H22ClN3O7S/c1-4-38-27(34)24-15(2)30-28-31(25(24)16-5-7-17(29)8-6-16)26(33)23(40-28)14-19-10-12-21(39-19)20-11-9-18(32(35)36)13-22(20)37-3/h5-14,25H,4H2,1-3H3/b23-14-. The zero-order chi connectivity index (χ0) is 28.6. The van der Waals surface area contributed by atoms with Crippen LogP contribution in [0.15, 0.2) is 80.1 Å². The predicted molar refractivity (Wildman–Crippen MR) is 149 cm³/mol. The van der Waals surface area contributed by atoms with Gasteiger partial charge >= 0.3 is 5.97 Å². The zero-order valence-electron chi connectivity index (χ0n) is 21.5. The Morgan fingerprint density at radius 2 is 1.98 bits per heavy atom. The number of non-ortho nitro benzene ring substituents is 1. The summed E-state index contributed by atoms with van der Waals surface area (Å²) in [5.41, 5.74) is 1.46. The van der Waals surface area contributed by atoms with Gasteiger partial charge < -0.3 is 13.9 Å². The minimum absolute atomic E-state index is 0.110. The summed E-state index contributed by atoms with van der Waals surface area (Å²) < 4.78 is 18.4. The lowest BCUT2D eigenvalue weighted by Gasteiger charge is -2.24. The van der Waals surface area contributed by atoms with Gasteiger partial charge in [-0.05, 0) is 49.7 Å². The molecule has 0 amide bonds. The molecular formula is C28H22ClN3O7S. The van der Waals surface area contributed by atoms with E-state index in [1.165, 1.54) is 23.8 Å². The van der Waals surface area contributed by atoms with E-state index < -0.39 is 16.9 Å². The predicted octanol–water partition coefficient (Wildman–Crippen LogP) is 4.63. The molecule has 4 aromatic rings. The number of fused-ring (bicyclic) bond motifs is 1. The van der Waals surface area contributed by atoms with Crippen LogP contribution >= 0.6 is 22.9 Å². The van der Waals surface area contributed by atoms with Crippen molar-refractivity contribution in [2.24, 2.45) is 4.99 Å². The molecule has 3 heterocycles. The number of halogens is 1. The zero-order valence-corrected chi connectivity index (χ0v) is 23.1. The third-order valence-corrected chi connectivity index (χ3v) is 7.50. The van der Waals surface area contributed by atoms with Gasteiger partial charge in [-0.3, -0.25) is 19.5 Å². The number of esters is 1. The van der Waals surface area contributed by atoms with Crippen LogP contribution in [0.1, 0.15) is 31.2 Å². The maximum absolute atomic E-state index is 13.7. The Balaban J connectivity index is 1.61. The number of rotatable bonds is 7. The fraction of sp³-hybridized carbons (Fsp3) is 0.179. The number of carbonyl (C=O) groups excluding carboxylic acids is 1.